The smallest absolute Gasteiger partial charge is 0.352 e. The molecule has 0 unspecified atom stereocenters. The van der Waals surface area contributed by atoms with Crippen molar-refractivity contribution in [3.63, 3.8) is 0 Å². The Morgan fingerprint density at radius 2 is 1.82 bits per heavy atom. The molecule has 0 atom stereocenters. The van der Waals surface area contributed by atoms with Gasteiger partial charge in [-0.15, -0.1) is 0 Å². The van der Waals surface area contributed by atoms with Gasteiger partial charge in [-0.2, -0.15) is 0 Å². The summed E-state index contributed by atoms with van der Waals surface area (Å²) in [7, 11) is 0. The molecule has 6 heteroatoms. The van der Waals surface area contributed by atoms with Crippen LogP contribution in [-0.2, 0) is 4.79 Å². The fourth-order valence-electron chi connectivity index (χ4n) is 2.30. The first-order valence-corrected chi connectivity index (χ1v) is 8.76. The van der Waals surface area contributed by atoms with Gasteiger partial charge in [-0.3, -0.25) is 4.79 Å². The third kappa shape index (κ3) is 6.02. The molecule has 1 amide bonds. The van der Waals surface area contributed by atoms with E-state index >= 15 is 0 Å². The zero-order valence-electron chi connectivity index (χ0n) is 15.9. The number of benzene rings is 2. The first kappa shape index (κ1) is 20.8. The molecule has 0 radical (unpaired) electrons. The molecule has 0 saturated heterocycles. The molecule has 2 N–H and O–H groups in total. The molecule has 0 fully saturated rings. The predicted octanol–water partition coefficient (Wildman–Crippen LogP) is 3.90. The van der Waals surface area contributed by atoms with Gasteiger partial charge >= 0.3 is 5.97 Å². The standard InChI is InChI=1S/C22H23NO5/c1-4-27-20-13-16(10-11-19(20)28-14-15(2)3)12-18(22(25)26)23-21(24)17-8-6-5-7-9-17/h5-13H,2,4,14H2,1,3H3,(H,23,24)(H,25,26). The molecule has 2 aromatic rings. The molecule has 6 nitrogen and oxygen atoms in total. The second kappa shape index (κ2) is 9.97. The van der Waals surface area contributed by atoms with Crippen molar-refractivity contribution in [2.45, 2.75) is 13.8 Å². The number of aliphatic carboxylic acids is 1. The Bertz CT molecular complexity index is 887. The molecule has 146 valence electrons. The van der Waals surface area contributed by atoms with Crippen molar-refractivity contribution in [1.29, 1.82) is 0 Å². The summed E-state index contributed by atoms with van der Waals surface area (Å²) >= 11 is 0. The Morgan fingerprint density at radius 1 is 1.11 bits per heavy atom. The molecule has 0 bridgehead atoms. The summed E-state index contributed by atoms with van der Waals surface area (Å²) in [6, 6.07) is 13.4. The van der Waals surface area contributed by atoms with E-state index < -0.39 is 11.9 Å². The Hall–Kier alpha value is -3.54. The number of hydrogen-bond donors (Lipinski definition) is 2. The molecule has 0 heterocycles. The zero-order valence-corrected chi connectivity index (χ0v) is 15.9. The first-order valence-electron chi connectivity index (χ1n) is 8.76. The number of carboxylic acids is 1. The summed E-state index contributed by atoms with van der Waals surface area (Å²) in [6.07, 6.45) is 1.37. The van der Waals surface area contributed by atoms with E-state index in [9.17, 15) is 14.7 Å². The molecule has 2 rings (SSSR count). The highest BCUT2D eigenvalue weighted by Gasteiger charge is 2.14. The second-order valence-corrected chi connectivity index (χ2v) is 6.07. The van der Waals surface area contributed by atoms with Crippen molar-refractivity contribution in [2.24, 2.45) is 0 Å². The molecular weight excluding hydrogens is 358 g/mol. The summed E-state index contributed by atoms with van der Waals surface area (Å²) < 4.78 is 11.2. The number of amides is 1. The van der Waals surface area contributed by atoms with Crippen LogP contribution in [0.4, 0.5) is 0 Å². The SMILES string of the molecule is C=C(C)COc1ccc(C=C(NC(=O)c2ccccc2)C(=O)O)cc1OCC. The maximum Gasteiger partial charge on any atom is 0.352 e. The normalized spacial score (nSPS) is 10.9. The van der Waals surface area contributed by atoms with Gasteiger partial charge in [0.15, 0.2) is 11.5 Å². The molecule has 2 aromatic carbocycles. The van der Waals surface area contributed by atoms with Crippen molar-refractivity contribution in [3.05, 3.63) is 77.5 Å². The highest BCUT2D eigenvalue weighted by atomic mass is 16.5. The van der Waals surface area contributed by atoms with Crippen LogP contribution in [0.1, 0.15) is 29.8 Å². The molecule has 0 aliphatic carbocycles. The van der Waals surface area contributed by atoms with E-state index in [1.807, 2.05) is 13.8 Å². The summed E-state index contributed by atoms with van der Waals surface area (Å²) in [6.45, 7) is 8.26. The molecule has 28 heavy (non-hydrogen) atoms. The lowest BCUT2D eigenvalue weighted by atomic mass is 10.1. The average Bonchev–Trinajstić information content (AvgIpc) is 2.67. The quantitative estimate of drug-likeness (QED) is 0.508. The molecule has 0 aliphatic rings. The van der Waals surface area contributed by atoms with Gasteiger partial charge in [-0.1, -0.05) is 30.8 Å². The number of rotatable bonds is 9. The molecule has 0 spiro atoms. The van der Waals surface area contributed by atoms with E-state index in [4.69, 9.17) is 9.47 Å². The maximum atomic E-state index is 12.3. The lowest BCUT2D eigenvalue weighted by molar-refractivity contribution is -0.132. The monoisotopic (exact) mass is 381 g/mol. The van der Waals surface area contributed by atoms with Gasteiger partial charge in [-0.25, -0.2) is 4.79 Å². The van der Waals surface area contributed by atoms with Gasteiger partial charge in [0.25, 0.3) is 5.91 Å². The van der Waals surface area contributed by atoms with Gasteiger partial charge in [0.2, 0.25) is 0 Å². The minimum absolute atomic E-state index is 0.244. The van der Waals surface area contributed by atoms with Crippen molar-refractivity contribution < 1.29 is 24.2 Å². The van der Waals surface area contributed by atoms with Crippen LogP contribution in [0.5, 0.6) is 11.5 Å². The predicted molar refractivity (Wildman–Crippen MR) is 107 cm³/mol. The number of ether oxygens (including phenoxy) is 2. The highest BCUT2D eigenvalue weighted by molar-refractivity contribution is 6.02. The van der Waals surface area contributed by atoms with Crippen molar-refractivity contribution in [3.8, 4) is 11.5 Å². The highest BCUT2D eigenvalue weighted by Crippen LogP contribution is 2.29. The van der Waals surface area contributed by atoms with Gasteiger partial charge in [0.1, 0.15) is 12.3 Å². The van der Waals surface area contributed by atoms with Crippen molar-refractivity contribution >= 4 is 18.0 Å². The Kier molecular flexibility index (Phi) is 7.39. The molecule has 0 aliphatic heterocycles. The largest absolute Gasteiger partial charge is 0.490 e. The molecule has 0 aromatic heterocycles. The summed E-state index contributed by atoms with van der Waals surface area (Å²) in [5.74, 6) is -0.727. The fourth-order valence-corrected chi connectivity index (χ4v) is 2.30. The van der Waals surface area contributed by atoms with Gasteiger partial charge < -0.3 is 19.9 Å². The number of carbonyl (C=O) groups excluding carboxylic acids is 1. The number of nitrogens with one attached hydrogen (secondary N) is 1. The third-order valence-electron chi connectivity index (χ3n) is 3.57. The minimum atomic E-state index is -1.25. The van der Waals surface area contributed by atoms with Crippen LogP contribution in [0.3, 0.4) is 0 Å². The number of carbonyl (C=O) groups is 2. The third-order valence-corrected chi connectivity index (χ3v) is 3.57. The Morgan fingerprint density at radius 3 is 2.43 bits per heavy atom. The van der Waals surface area contributed by atoms with E-state index in [0.717, 1.165) is 5.57 Å². The van der Waals surface area contributed by atoms with Gasteiger partial charge in [-0.05, 0) is 55.3 Å². The number of hydrogen-bond acceptors (Lipinski definition) is 4. The van der Waals surface area contributed by atoms with E-state index in [-0.39, 0.29) is 5.70 Å². The van der Waals surface area contributed by atoms with Crippen LogP contribution >= 0.6 is 0 Å². The van der Waals surface area contributed by atoms with Crippen LogP contribution in [0.15, 0.2) is 66.4 Å². The molecule has 0 saturated carbocycles. The van der Waals surface area contributed by atoms with Crippen LogP contribution < -0.4 is 14.8 Å². The lowest BCUT2D eigenvalue weighted by Crippen LogP contribution is -2.27. The average molecular weight is 381 g/mol. The zero-order chi connectivity index (χ0) is 20.5. The van der Waals surface area contributed by atoms with E-state index in [2.05, 4.69) is 11.9 Å². The fraction of sp³-hybridized carbons (Fsp3) is 0.182. The summed E-state index contributed by atoms with van der Waals surface area (Å²) in [5, 5.41) is 11.9. The topological polar surface area (TPSA) is 84.9 Å². The lowest BCUT2D eigenvalue weighted by Gasteiger charge is -2.13. The maximum absolute atomic E-state index is 12.3. The van der Waals surface area contributed by atoms with Crippen LogP contribution in [0.2, 0.25) is 0 Å². The number of carboxylic acid groups (broad SMARTS) is 1. The first-order chi connectivity index (χ1) is 13.4. The van der Waals surface area contributed by atoms with Gasteiger partial charge in [0.05, 0.1) is 6.61 Å². The van der Waals surface area contributed by atoms with E-state index in [1.165, 1.54) is 6.08 Å². The van der Waals surface area contributed by atoms with Gasteiger partial charge in [0, 0.05) is 5.56 Å². The summed E-state index contributed by atoms with van der Waals surface area (Å²) in [4.78, 5) is 23.8. The minimum Gasteiger partial charge on any atom is -0.490 e. The van der Waals surface area contributed by atoms with Crippen molar-refractivity contribution in [2.75, 3.05) is 13.2 Å². The van der Waals surface area contributed by atoms with Crippen LogP contribution in [0, 0.1) is 0 Å². The van der Waals surface area contributed by atoms with Crippen LogP contribution in [-0.4, -0.2) is 30.2 Å². The second-order valence-electron chi connectivity index (χ2n) is 6.07. The van der Waals surface area contributed by atoms with E-state index in [1.54, 1.807) is 48.5 Å². The van der Waals surface area contributed by atoms with Crippen molar-refractivity contribution in [1.82, 2.24) is 5.32 Å². The Balaban J connectivity index is 2.27. The Labute approximate surface area is 164 Å². The van der Waals surface area contributed by atoms with Crippen LogP contribution in [0.25, 0.3) is 6.08 Å². The molecular formula is C22H23NO5. The summed E-state index contributed by atoms with van der Waals surface area (Å²) in [5.41, 5.74) is 1.54. The van der Waals surface area contributed by atoms with E-state index in [0.29, 0.717) is 35.8 Å².